The van der Waals surface area contributed by atoms with Crippen molar-refractivity contribution in [3.8, 4) is 11.8 Å². The minimum absolute atomic E-state index is 0.403. The first kappa shape index (κ1) is 11.0. The Morgan fingerprint density at radius 3 is 2.94 bits per heavy atom. The number of rotatable bonds is 4. The number of hydrogen-bond acceptors (Lipinski definition) is 3. The van der Waals surface area contributed by atoms with Gasteiger partial charge in [0.25, 0.3) is 0 Å². The molecule has 1 atom stereocenters. The Hall–Kier alpha value is -1.53. The fraction of sp³-hybridized carbons (Fsp3) is 0.462. The van der Waals surface area contributed by atoms with Gasteiger partial charge in [-0.15, -0.1) is 0 Å². The van der Waals surface area contributed by atoms with Crippen LogP contribution in [0, 0.1) is 11.3 Å². The van der Waals surface area contributed by atoms with Crippen molar-refractivity contribution in [2.75, 3.05) is 19.7 Å². The summed E-state index contributed by atoms with van der Waals surface area (Å²) >= 11 is 0. The summed E-state index contributed by atoms with van der Waals surface area (Å²) in [5.74, 6) is 0.909. The van der Waals surface area contributed by atoms with Gasteiger partial charge in [0.2, 0.25) is 0 Å². The molecule has 0 aliphatic carbocycles. The van der Waals surface area contributed by atoms with Crippen LogP contribution >= 0.6 is 0 Å². The van der Waals surface area contributed by atoms with Gasteiger partial charge in [0.1, 0.15) is 12.4 Å². The molecule has 16 heavy (non-hydrogen) atoms. The van der Waals surface area contributed by atoms with E-state index in [1.165, 1.54) is 6.42 Å². The van der Waals surface area contributed by atoms with E-state index < -0.39 is 0 Å². The molecule has 0 bridgehead atoms. The van der Waals surface area contributed by atoms with E-state index in [-0.39, 0.29) is 0 Å². The fourth-order valence-corrected chi connectivity index (χ4v) is 2.09. The highest BCUT2D eigenvalue weighted by atomic mass is 16.5. The van der Waals surface area contributed by atoms with Gasteiger partial charge >= 0.3 is 0 Å². The predicted molar refractivity (Wildman–Crippen MR) is 62.1 cm³/mol. The zero-order valence-electron chi connectivity index (χ0n) is 9.30. The Kier molecular flexibility index (Phi) is 3.79. The first-order valence-electron chi connectivity index (χ1n) is 5.69. The lowest BCUT2D eigenvalue weighted by molar-refractivity contribution is 0.186. The minimum atomic E-state index is 0.403. The van der Waals surface area contributed by atoms with Crippen molar-refractivity contribution in [2.24, 2.45) is 0 Å². The summed E-state index contributed by atoms with van der Waals surface area (Å²) in [5, 5.41) is 8.70. The molecule has 0 aromatic heterocycles. The van der Waals surface area contributed by atoms with Gasteiger partial charge in [0.05, 0.1) is 12.6 Å². The lowest BCUT2D eigenvalue weighted by Crippen LogP contribution is -2.34. The van der Waals surface area contributed by atoms with E-state index in [2.05, 4.69) is 11.0 Å². The van der Waals surface area contributed by atoms with Crippen molar-refractivity contribution in [1.82, 2.24) is 4.90 Å². The molecule has 0 amide bonds. The lowest BCUT2D eigenvalue weighted by atomic mass is 10.2. The molecule has 3 heteroatoms. The largest absolute Gasteiger partial charge is 0.492 e. The molecule has 1 heterocycles. The van der Waals surface area contributed by atoms with Gasteiger partial charge in [-0.25, -0.2) is 0 Å². The van der Waals surface area contributed by atoms with Crippen LogP contribution in [0.1, 0.15) is 12.8 Å². The van der Waals surface area contributed by atoms with Crippen LogP contribution in [0.3, 0.4) is 0 Å². The summed E-state index contributed by atoms with van der Waals surface area (Å²) < 4.78 is 5.72. The third-order valence-electron chi connectivity index (χ3n) is 2.96. The van der Waals surface area contributed by atoms with Crippen molar-refractivity contribution in [1.29, 1.82) is 5.26 Å². The molecule has 2 rings (SSSR count). The molecular weight excluding hydrogens is 200 g/mol. The fourth-order valence-electron chi connectivity index (χ4n) is 2.09. The monoisotopic (exact) mass is 216 g/mol. The van der Waals surface area contributed by atoms with Gasteiger partial charge in [0.15, 0.2) is 0 Å². The summed E-state index contributed by atoms with van der Waals surface area (Å²) in [5.41, 5.74) is 0. The second-order valence-corrected chi connectivity index (χ2v) is 4.05. The Labute approximate surface area is 96.2 Å². The summed E-state index contributed by atoms with van der Waals surface area (Å²) in [7, 11) is 0. The summed E-state index contributed by atoms with van der Waals surface area (Å²) in [6.07, 6.45) is 2.30. The number of nitriles is 1. The molecule has 1 aliphatic rings. The lowest BCUT2D eigenvalue weighted by Gasteiger charge is -2.21. The molecule has 84 valence electrons. The van der Waals surface area contributed by atoms with E-state index in [9.17, 15) is 0 Å². The van der Waals surface area contributed by atoms with Gasteiger partial charge in [-0.2, -0.15) is 5.26 Å². The van der Waals surface area contributed by atoms with Gasteiger partial charge < -0.3 is 4.74 Å². The van der Waals surface area contributed by atoms with Crippen LogP contribution in [0.2, 0.25) is 0 Å². The smallest absolute Gasteiger partial charge is 0.119 e. The molecule has 1 saturated heterocycles. The topological polar surface area (TPSA) is 36.3 Å². The zero-order chi connectivity index (χ0) is 11.2. The summed E-state index contributed by atoms with van der Waals surface area (Å²) in [6.45, 7) is 2.23. The summed E-state index contributed by atoms with van der Waals surface area (Å²) in [4.78, 5) is 2.20. The normalized spacial score (nSPS) is 20.6. The molecule has 0 N–H and O–H groups in total. The first-order chi connectivity index (χ1) is 7.90. The highest BCUT2D eigenvalue weighted by Gasteiger charge is 2.24. The average Bonchev–Trinajstić information content (AvgIpc) is 2.76. The number of nitrogens with zero attached hydrogens (tertiary/aromatic N) is 2. The van der Waals surface area contributed by atoms with Crippen LogP contribution in [-0.4, -0.2) is 30.6 Å². The number of likely N-dealkylation sites (tertiary alicyclic amines) is 1. The molecule has 0 unspecified atom stereocenters. The van der Waals surface area contributed by atoms with Crippen LogP contribution in [0.5, 0.6) is 5.75 Å². The van der Waals surface area contributed by atoms with Crippen LogP contribution in [0.4, 0.5) is 0 Å². The van der Waals surface area contributed by atoms with Crippen molar-refractivity contribution in [3.63, 3.8) is 0 Å². The molecule has 0 saturated carbocycles. The molecule has 1 fully saturated rings. The van der Waals surface area contributed by atoms with Gasteiger partial charge in [-0.05, 0) is 31.5 Å². The van der Waals surface area contributed by atoms with Crippen LogP contribution < -0.4 is 4.74 Å². The molecule has 1 aliphatic heterocycles. The molecule has 1 aromatic rings. The second kappa shape index (κ2) is 5.53. The van der Waals surface area contributed by atoms with Gasteiger partial charge in [-0.1, -0.05) is 18.2 Å². The van der Waals surface area contributed by atoms with Crippen molar-refractivity contribution >= 4 is 0 Å². The van der Waals surface area contributed by atoms with Crippen LogP contribution in [-0.2, 0) is 0 Å². The molecule has 0 radical (unpaired) electrons. The minimum Gasteiger partial charge on any atom is -0.492 e. The molecule has 0 spiro atoms. The zero-order valence-corrected chi connectivity index (χ0v) is 9.30. The summed E-state index contributed by atoms with van der Waals surface area (Å²) in [6, 6.07) is 12.4. The maximum atomic E-state index is 8.70. The molecular formula is C13H16N2O. The van der Waals surface area contributed by atoms with Gasteiger partial charge in [-0.3, -0.25) is 4.90 Å². The highest BCUT2D eigenvalue weighted by molar-refractivity contribution is 5.20. The number of hydrogen-bond donors (Lipinski definition) is 0. The first-order valence-corrected chi connectivity index (χ1v) is 5.69. The Balaban J connectivity index is 1.84. The van der Waals surface area contributed by atoms with Crippen LogP contribution in [0.15, 0.2) is 30.3 Å². The van der Waals surface area contributed by atoms with Crippen molar-refractivity contribution < 1.29 is 4.74 Å². The van der Waals surface area contributed by atoms with Crippen LogP contribution in [0.25, 0.3) is 0 Å². The number of para-hydroxylation sites is 1. The highest BCUT2D eigenvalue weighted by Crippen LogP contribution is 2.18. The second-order valence-electron chi connectivity index (χ2n) is 4.05. The average molecular weight is 216 g/mol. The molecule has 1 aromatic carbocycles. The van der Waals surface area contributed by atoms with E-state index in [0.29, 0.717) is 19.2 Å². The van der Waals surface area contributed by atoms with E-state index in [0.717, 1.165) is 18.7 Å². The van der Waals surface area contributed by atoms with Crippen molar-refractivity contribution in [3.05, 3.63) is 30.3 Å². The standard InChI is InChI=1S/C13H16N2O/c14-8-10-15-9-4-5-12(15)11-16-13-6-2-1-3-7-13/h1-3,6-7,12H,4-5,9-11H2/t12-/m0/s1. The molecule has 3 nitrogen and oxygen atoms in total. The predicted octanol–water partition coefficient (Wildman–Crippen LogP) is 2.05. The Morgan fingerprint density at radius 2 is 2.19 bits per heavy atom. The number of benzene rings is 1. The maximum absolute atomic E-state index is 8.70. The Bertz CT molecular complexity index is 358. The third kappa shape index (κ3) is 2.74. The maximum Gasteiger partial charge on any atom is 0.119 e. The SMILES string of the molecule is N#CCN1CCC[C@H]1COc1ccccc1. The van der Waals surface area contributed by atoms with Gasteiger partial charge in [0, 0.05) is 6.04 Å². The van der Waals surface area contributed by atoms with E-state index >= 15 is 0 Å². The van der Waals surface area contributed by atoms with E-state index in [1.54, 1.807) is 0 Å². The van der Waals surface area contributed by atoms with Crippen molar-refractivity contribution in [2.45, 2.75) is 18.9 Å². The Morgan fingerprint density at radius 1 is 1.38 bits per heavy atom. The quantitative estimate of drug-likeness (QED) is 0.723. The van der Waals surface area contributed by atoms with E-state index in [4.69, 9.17) is 10.00 Å². The van der Waals surface area contributed by atoms with E-state index in [1.807, 2.05) is 30.3 Å². The third-order valence-corrected chi connectivity index (χ3v) is 2.96. The number of ether oxygens (including phenoxy) is 1.